The first-order valence-electron chi connectivity index (χ1n) is 4.69. The lowest BCUT2D eigenvalue weighted by molar-refractivity contribution is -0.274. The molecule has 0 unspecified atom stereocenters. The lowest BCUT2D eigenvalue weighted by atomic mass is 10.3. The zero-order valence-corrected chi connectivity index (χ0v) is 11.5. The quantitative estimate of drug-likeness (QED) is 0.910. The van der Waals surface area contributed by atoms with Gasteiger partial charge in [-0.1, -0.05) is 0 Å². The zero-order valence-electron chi connectivity index (χ0n) is 9.08. The first-order valence-corrected chi connectivity index (χ1v) is 7.13. The van der Waals surface area contributed by atoms with Crippen molar-refractivity contribution >= 4 is 31.6 Å². The monoisotopic (exact) mass is 347 g/mol. The van der Waals surface area contributed by atoms with E-state index in [0.29, 0.717) is 0 Å². The molecule has 0 radical (unpaired) electrons. The summed E-state index contributed by atoms with van der Waals surface area (Å²) in [6.07, 6.45) is -4.80. The number of benzene rings is 1. The van der Waals surface area contributed by atoms with Gasteiger partial charge in [0.15, 0.2) is 0 Å². The second-order valence-electron chi connectivity index (χ2n) is 3.20. The highest BCUT2D eigenvalue weighted by Gasteiger charge is 2.32. The van der Waals surface area contributed by atoms with E-state index in [2.05, 4.69) is 25.4 Å². The Morgan fingerprint density at radius 1 is 1.39 bits per heavy atom. The number of ether oxygens (including phenoxy) is 1. The standard InChI is InChI=1S/C9H9BrF3NO3S/c1-2-18(15,16)14-6-3-4-8(7(10)5-6)17-9(11,12)13/h3-5,14H,2H2,1H3. The van der Waals surface area contributed by atoms with Gasteiger partial charge in [-0.15, -0.1) is 13.2 Å². The third-order valence-corrected chi connectivity index (χ3v) is 3.74. The van der Waals surface area contributed by atoms with E-state index in [4.69, 9.17) is 0 Å². The molecule has 0 aliphatic carbocycles. The van der Waals surface area contributed by atoms with Crippen molar-refractivity contribution in [3.8, 4) is 5.75 Å². The molecule has 1 aromatic rings. The highest BCUT2D eigenvalue weighted by atomic mass is 79.9. The van der Waals surface area contributed by atoms with Crippen molar-refractivity contribution in [2.24, 2.45) is 0 Å². The van der Waals surface area contributed by atoms with Gasteiger partial charge in [-0.25, -0.2) is 8.42 Å². The fraction of sp³-hybridized carbons (Fsp3) is 0.333. The molecule has 102 valence electrons. The fourth-order valence-electron chi connectivity index (χ4n) is 1.02. The first-order chi connectivity index (χ1) is 8.13. The maximum Gasteiger partial charge on any atom is 0.573 e. The smallest absolute Gasteiger partial charge is 0.405 e. The molecule has 0 saturated carbocycles. The van der Waals surface area contributed by atoms with Gasteiger partial charge in [0.05, 0.1) is 10.2 Å². The Labute approximate surface area is 110 Å². The van der Waals surface area contributed by atoms with Crippen LogP contribution in [0.15, 0.2) is 22.7 Å². The summed E-state index contributed by atoms with van der Waals surface area (Å²) in [5.41, 5.74) is 0.151. The molecule has 0 saturated heterocycles. The highest BCUT2D eigenvalue weighted by Crippen LogP contribution is 2.32. The van der Waals surface area contributed by atoms with Crippen molar-refractivity contribution < 1.29 is 26.3 Å². The van der Waals surface area contributed by atoms with E-state index in [1.54, 1.807) is 0 Å². The average molecular weight is 348 g/mol. The van der Waals surface area contributed by atoms with Crippen molar-refractivity contribution in [3.63, 3.8) is 0 Å². The van der Waals surface area contributed by atoms with E-state index >= 15 is 0 Å². The van der Waals surface area contributed by atoms with Crippen LogP contribution < -0.4 is 9.46 Å². The molecule has 0 heterocycles. The number of halogens is 4. The maximum absolute atomic E-state index is 12.0. The maximum atomic E-state index is 12.0. The molecule has 0 fully saturated rings. The summed E-state index contributed by atoms with van der Waals surface area (Å²) in [4.78, 5) is 0. The van der Waals surface area contributed by atoms with E-state index in [-0.39, 0.29) is 15.9 Å². The number of nitrogens with one attached hydrogen (secondary N) is 1. The molecule has 9 heteroatoms. The Balaban J connectivity index is 2.93. The number of anilines is 1. The molecule has 1 aromatic carbocycles. The van der Waals surface area contributed by atoms with Gasteiger partial charge in [0.1, 0.15) is 5.75 Å². The summed E-state index contributed by atoms with van der Waals surface area (Å²) in [5.74, 6) is -0.576. The number of sulfonamides is 1. The SMILES string of the molecule is CCS(=O)(=O)Nc1ccc(OC(F)(F)F)c(Br)c1. The van der Waals surface area contributed by atoms with Crippen molar-refractivity contribution in [3.05, 3.63) is 22.7 Å². The van der Waals surface area contributed by atoms with Crippen molar-refractivity contribution in [1.29, 1.82) is 0 Å². The van der Waals surface area contributed by atoms with Crippen molar-refractivity contribution in [1.82, 2.24) is 0 Å². The van der Waals surface area contributed by atoms with Crippen LogP contribution in [0.1, 0.15) is 6.92 Å². The minimum atomic E-state index is -4.80. The van der Waals surface area contributed by atoms with E-state index in [9.17, 15) is 21.6 Å². The van der Waals surface area contributed by atoms with E-state index in [1.165, 1.54) is 19.1 Å². The largest absolute Gasteiger partial charge is 0.573 e. The van der Waals surface area contributed by atoms with Gasteiger partial charge in [0.2, 0.25) is 10.0 Å². The molecular weight excluding hydrogens is 339 g/mol. The molecule has 0 amide bonds. The predicted octanol–water partition coefficient (Wildman–Crippen LogP) is 3.11. The van der Waals surface area contributed by atoms with Crippen LogP contribution in [0, 0.1) is 0 Å². The van der Waals surface area contributed by atoms with Crippen molar-refractivity contribution in [2.75, 3.05) is 10.5 Å². The molecule has 0 aliphatic rings. The van der Waals surface area contributed by atoms with Gasteiger partial charge in [-0.05, 0) is 41.1 Å². The van der Waals surface area contributed by atoms with Gasteiger partial charge in [0.25, 0.3) is 0 Å². The van der Waals surface area contributed by atoms with Crippen LogP contribution in [0.25, 0.3) is 0 Å². The Morgan fingerprint density at radius 3 is 2.44 bits per heavy atom. The second-order valence-corrected chi connectivity index (χ2v) is 6.06. The Bertz CT molecular complexity index is 530. The molecule has 0 spiro atoms. The number of alkyl halides is 3. The summed E-state index contributed by atoms with van der Waals surface area (Å²) in [5, 5.41) is 0. The summed E-state index contributed by atoms with van der Waals surface area (Å²) < 4.78 is 64.4. The second kappa shape index (κ2) is 5.35. The fourth-order valence-corrected chi connectivity index (χ4v) is 2.11. The summed E-state index contributed by atoms with van der Waals surface area (Å²) in [6, 6.07) is 3.39. The Hall–Kier alpha value is -0.960. The number of hydrogen-bond acceptors (Lipinski definition) is 3. The molecule has 0 aromatic heterocycles. The highest BCUT2D eigenvalue weighted by molar-refractivity contribution is 9.10. The third-order valence-electron chi connectivity index (χ3n) is 1.81. The van der Waals surface area contributed by atoms with Crippen LogP contribution in [0.5, 0.6) is 5.75 Å². The molecule has 1 rings (SSSR count). The van der Waals surface area contributed by atoms with E-state index in [0.717, 1.165) is 6.07 Å². The van der Waals surface area contributed by atoms with Crippen LogP contribution in [0.3, 0.4) is 0 Å². The first kappa shape index (κ1) is 15.1. The molecule has 0 aliphatic heterocycles. The van der Waals surface area contributed by atoms with Crippen LogP contribution in [0.2, 0.25) is 0 Å². The van der Waals surface area contributed by atoms with Gasteiger partial charge in [-0.2, -0.15) is 0 Å². The number of hydrogen-bond donors (Lipinski definition) is 1. The molecular formula is C9H9BrF3NO3S. The number of rotatable bonds is 4. The topological polar surface area (TPSA) is 55.4 Å². The van der Waals surface area contributed by atoms with E-state index in [1.807, 2.05) is 0 Å². The van der Waals surface area contributed by atoms with Crippen LogP contribution >= 0.6 is 15.9 Å². The van der Waals surface area contributed by atoms with Gasteiger partial charge < -0.3 is 4.74 Å². The Morgan fingerprint density at radius 2 is 2.00 bits per heavy atom. The van der Waals surface area contributed by atoms with Crippen molar-refractivity contribution in [2.45, 2.75) is 13.3 Å². The summed E-state index contributed by atoms with van der Waals surface area (Å²) in [7, 11) is -3.47. The summed E-state index contributed by atoms with van der Waals surface area (Å²) in [6.45, 7) is 1.44. The van der Waals surface area contributed by atoms with Crippen LogP contribution in [0.4, 0.5) is 18.9 Å². The summed E-state index contributed by atoms with van der Waals surface area (Å²) >= 11 is 2.87. The average Bonchev–Trinajstić information content (AvgIpc) is 2.20. The van der Waals surface area contributed by atoms with Crippen LogP contribution in [-0.4, -0.2) is 20.5 Å². The molecule has 1 N–H and O–H groups in total. The normalized spacial score (nSPS) is 12.3. The molecule has 0 bridgehead atoms. The van der Waals surface area contributed by atoms with Gasteiger partial charge >= 0.3 is 6.36 Å². The third kappa shape index (κ3) is 4.73. The van der Waals surface area contributed by atoms with E-state index < -0.39 is 22.1 Å². The molecule has 18 heavy (non-hydrogen) atoms. The predicted molar refractivity (Wildman–Crippen MR) is 63.9 cm³/mol. The molecule has 4 nitrogen and oxygen atoms in total. The molecule has 0 atom stereocenters. The minimum Gasteiger partial charge on any atom is -0.405 e. The van der Waals surface area contributed by atoms with Gasteiger partial charge in [-0.3, -0.25) is 4.72 Å². The van der Waals surface area contributed by atoms with Gasteiger partial charge in [0, 0.05) is 5.69 Å². The minimum absolute atomic E-state index is 0.00359. The zero-order chi connectivity index (χ0) is 14.0. The lowest BCUT2D eigenvalue weighted by Crippen LogP contribution is -2.18. The Kier molecular flexibility index (Phi) is 4.49. The lowest BCUT2D eigenvalue weighted by Gasteiger charge is -2.12. The van der Waals surface area contributed by atoms with Crippen LogP contribution in [-0.2, 0) is 10.0 Å².